The van der Waals surface area contributed by atoms with E-state index in [0.717, 1.165) is 6.42 Å². The van der Waals surface area contributed by atoms with Crippen LogP contribution in [0.15, 0.2) is 25.3 Å². The van der Waals surface area contributed by atoms with Gasteiger partial charge in [-0.15, -0.1) is 13.2 Å². The summed E-state index contributed by atoms with van der Waals surface area (Å²) in [5.41, 5.74) is -2.55. The van der Waals surface area contributed by atoms with E-state index in [4.69, 9.17) is 4.74 Å². The monoisotopic (exact) mass is 517 g/mol. The van der Waals surface area contributed by atoms with Gasteiger partial charge in [-0.05, 0) is 52.4 Å². The van der Waals surface area contributed by atoms with Gasteiger partial charge in [0, 0.05) is 25.7 Å². The van der Waals surface area contributed by atoms with Crippen LogP contribution in [0.3, 0.4) is 0 Å². The first-order chi connectivity index (χ1) is 17.0. The van der Waals surface area contributed by atoms with E-state index >= 15 is 0 Å². The summed E-state index contributed by atoms with van der Waals surface area (Å²) in [6.07, 6.45) is 5.17. The zero-order valence-electron chi connectivity index (χ0n) is 24.0. The minimum absolute atomic E-state index is 0.0450. The number of carbonyl (C=O) groups excluding carboxylic acids is 3. The zero-order chi connectivity index (χ0) is 28.1. The predicted molar refractivity (Wildman–Crippen MR) is 144 cm³/mol. The third-order valence-electron chi connectivity index (χ3n) is 8.50. The maximum Gasteiger partial charge on any atom is 0.249 e. The molecule has 8 nitrogen and oxygen atoms in total. The number of amides is 3. The molecule has 1 spiro atoms. The van der Waals surface area contributed by atoms with Gasteiger partial charge in [-0.3, -0.25) is 14.4 Å². The standard InChI is InChI=1S/C29H47N3O5/c1-11-15-30(10)23(34)20-21-24(35)32(19(3)17-33)22(29(21)14-13-28(20,9)37-29)25(36)31(16-12-2)27(7,8)18-26(4,5)6/h11-12,19-22,33H,1-2,13-18H2,3-10H3/t19-,20-,21+,22?,28+,29?/m1/s1. The summed E-state index contributed by atoms with van der Waals surface area (Å²) in [6, 6.07) is -1.54. The minimum Gasteiger partial charge on any atom is -0.394 e. The fraction of sp³-hybridized carbons (Fsp3) is 0.759. The van der Waals surface area contributed by atoms with Crippen molar-refractivity contribution in [1.82, 2.24) is 14.7 Å². The maximum absolute atomic E-state index is 14.6. The molecule has 3 aliphatic heterocycles. The van der Waals surface area contributed by atoms with E-state index in [1.807, 2.05) is 20.8 Å². The van der Waals surface area contributed by atoms with Gasteiger partial charge in [-0.25, -0.2) is 0 Å². The van der Waals surface area contributed by atoms with E-state index in [9.17, 15) is 19.5 Å². The van der Waals surface area contributed by atoms with Gasteiger partial charge in [0.05, 0.1) is 30.1 Å². The number of aliphatic hydroxyl groups excluding tert-OH is 1. The molecule has 0 aromatic rings. The normalized spacial score (nSPS) is 31.8. The van der Waals surface area contributed by atoms with Crippen LogP contribution < -0.4 is 0 Å². The molecule has 2 unspecified atom stereocenters. The van der Waals surface area contributed by atoms with Crippen LogP contribution in [0.2, 0.25) is 0 Å². The van der Waals surface area contributed by atoms with E-state index in [2.05, 4.69) is 33.9 Å². The van der Waals surface area contributed by atoms with E-state index in [-0.39, 0.29) is 29.7 Å². The molecule has 6 atom stereocenters. The Labute approximate surface area is 222 Å². The van der Waals surface area contributed by atoms with E-state index < -0.39 is 40.7 Å². The number of rotatable bonds is 10. The van der Waals surface area contributed by atoms with Gasteiger partial charge < -0.3 is 24.5 Å². The molecule has 37 heavy (non-hydrogen) atoms. The van der Waals surface area contributed by atoms with E-state index in [1.165, 1.54) is 4.90 Å². The molecule has 0 aromatic heterocycles. The smallest absolute Gasteiger partial charge is 0.249 e. The molecule has 3 heterocycles. The van der Waals surface area contributed by atoms with Gasteiger partial charge in [0.2, 0.25) is 17.7 Å². The summed E-state index contributed by atoms with van der Waals surface area (Å²) in [5.74, 6) is -2.18. The molecule has 3 saturated heterocycles. The van der Waals surface area contributed by atoms with Crippen LogP contribution in [0.25, 0.3) is 0 Å². The summed E-state index contributed by atoms with van der Waals surface area (Å²) < 4.78 is 6.71. The summed E-state index contributed by atoms with van der Waals surface area (Å²) in [5, 5.41) is 10.1. The summed E-state index contributed by atoms with van der Waals surface area (Å²) in [4.78, 5) is 47.3. The quantitative estimate of drug-likeness (QED) is 0.450. The average molecular weight is 518 g/mol. The molecule has 208 valence electrons. The highest BCUT2D eigenvalue weighted by Crippen LogP contribution is 2.64. The second-order valence-electron chi connectivity index (χ2n) is 13.3. The lowest BCUT2D eigenvalue weighted by molar-refractivity contribution is -0.159. The molecule has 0 aliphatic carbocycles. The number of nitrogens with zero attached hydrogens (tertiary/aromatic N) is 3. The van der Waals surface area contributed by atoms with Crippen LogP contribution in [-0.4, -0.2) is 93.1 Å². The maximum atomic E-state index is 14.6. The van der Waals surface area contributed by atoms with Crippen LogP contribution in [0, 0.1) is 17.3 Å². The molecule has 0 saturated carbocycles. The topological polar surface area (TPSA) is 90.4 Å². The Balaban J connectivity index is 2.14. The van der Waals surface area contributed by atoms with Gasteiger partial charge in [0.15, 0.2) is 0 Å². The van der Waals surface area contributed by atoms with Gasteiger partial charge in [-0.2, -0.15) is 0 Å². The van der Waals surface area contributed by atoms with Crippen molar-refractivity contribution < 1.29 is 24.2 Å². The number of carbonyl (C=O) groups is 3. The Kier molecular flexibility index (Phi) is 7.81. The van der Waals surface area contributed by atoms with Gasteiger partial charge in [-0.1, -0.05) is 32.9 Å². The summed E-state index contributed by atoms with van der Waals surface area (Å²) >= 11 is 0. The van der Waals surface area contributed by atoms with Crippen molar-refractivity contribution in [1.29, 1.82) is 0 Å². The first-order valence-electron chi connectivity index (χ1n) is 13.4. The molecule has 1 N–H and O–H groups in total. The molecule has 8 heteroatoms. The van der Waals surface area contributed by atoms with Crippen LogP contribution in [0.1, 0.15) is 67.7 Å². The van der Waals surface area contributed by atoms with E-state index in [0.29, 0.717) is 25.9 Å². The van der Waals surface area contributed by atoms with Crippen LogP contribution in [0.5, 0.6) is 0 Å². The van der Waals surface area contributed by atoms with Gasteiger partial charge in [0.1, 0.15) is 11.6 Å². The third kappa shape index (κ3) is 4.76. The zero-order valence-corrected chi connectivity index (χ0v) is 24.0. The SMILES string of the molecule is C=CCN(C)C(=O)[C@H]1[C@H]2C(=O)N([C@H](C)CO)C(C(=O)N(CC=C)C(C)(C)CC(C)(C)C)C23CC[C@]1(C)O3. The molecular weight excluding hydrogens is 470 g/mol. The molecule has 3 fully saturated rings. The van der Waals surface area contributed by atoms with Crippen molar-refractivity contribution in [3.8, 4) is 0 Å². The number of hydrogen-bond donors (Lipinski definition) is 1. The largest absolute Gasteiger partial charge is 0.394 e. The molecule has 0 aromatic carbocycles. The predicted octanol–water partition coefficient (Wildman–Crippen LogP) is 3.01. The lowest BCUT2D eigenvalue weighted by atomic mass is 9.66. The van der Waals surface area contributed by atoms with Crippen LogP contribution >= 0.6 is 0 Å². The highest BCUT2D eigenvalue weighted by molar-refractivity contribution is 5.99. The summed E-state index contributed by atoms with van der Waals surface area (Å²) in [6.45, 7) is 22.1. The number of likely N-dealkylation sites (N-methyl/N-ethyl adjacent to an activating group) is 1. The van der Waals surface area contributed by atoms with Crippen LogP contribution in [0.4, 0.5) is 0 Å². The first kappa shape index (κ1) is 29.4. The van der Waals surface area contributed by atoms with Crippen molar-refractivity contribution in [2.24, 2.45) is 17.3 Å². The molecule has 3 aliphatic rings. The number of aliphatic hydroxyl groups is 1. The van der Waals surface area contributed by atoms with Crippen molar-refractivity contribution in [2.75, 3.05) is 26.7 Å². The highest BCUT2D eigenvalue weighted by atomic mass is 16.5. The molecular formula is C29H47N3O5. The Hall–Kier alpha value is -2.19. The second kappa shape index (κ2) is 9.84. The fourth-order valence-electron chi connectivity index (χ4n) is 7.41. The van der Waals surface area contributed by atoms with Crippen molar-refractivity contribution in [2.45, 2.75) is 96.6 Å². The summed E-state index contributed by atoms with van der Waals surface area (Å²) in [7, 11) is 1.70. The average Bonchev–Trinajstić information content (AvgIpc) is 3.35. The van der Waals surface area contributed by atoms with Gasteiger partial charge >= 0.3 is 0 Å². The van der Waals surface area contributed by atoms with Gasteiger partial charge in [0.25, 0.3) is 0 Å². The Morgan fingerprint density at radius 2 is 1.76 bits per heavy atom. The van der Waals surface area contributed by atoms with E-state index in [1.54, 1.807) is 35.9 Å². The Morgan fingerprint density at radius 3 is 2.27 bits per heavy atom. The Bertz CT molecular complexity index is 956. The van der Waals surface area contributed by atoms with Crippen molar-refractivity contribution in [3.63, 3.8) is 0 Å². The lowest BCUT2D eigenvalue weighted by Crippen LogP contribution is -2.62. The molecule has 2 bridgehead atoms. The van der Waals surface area contributed by atoms with Crippen molar-refractivity contribution in [3.05, 3.63) is 25.3 Å². The molecule has 0 radical (unpaired) electrons. The lowest BCUT2D eigenvalue weighted by Gasteiger charge is -2.46. The highest BCUT2D eigenvalue weighted by Gasteiger charge is 2.78. The minimum atomic E-state index is -1.13. The Morgan fingerprint density at radius 1 is 1.16 bits per heavy atom. The molecule has 3 rings (SSSR count). The number of fused-ring (bicyclic) bond motifs is 1. The van der Waals surface area contributed by atoms with Crippen LogP contribution in [-0.2, 0) is 19.1 Å². The number of hydrogen-bond acceptors (Lipinski definition) is 5. The number of ether oxygens (including phenoxy) is 1. The second-order valence-corrected chi connectivity index (χ2v) is 13.3. The third-order valence-corrected chi connectivity index (χ3v) is 8.50. The number of likely N-dealkylation sites (tertiary alicyclic amines) is 1. The van der Waals surface area contributed by atoms with Crippen molar-refractivity contribution >= 4 is 17.7 Å². The molecule has 3 amide bonds. The first-order valence-corrected chi connectivity index (χ1v) is 13.4. The fourth-order valence-corrected chi connectivity index (χ4v) is 7.41.